The lowest BCUT2D eigenvalue weighted by molar-refractivity contribution is 0.207. The molecule has 0 aliphatic heterocycles. The van der Waals surface area contributed by atoms with Crippen LogP contribution in [0.4, 0.5) is 0 Å². The topological polar surface area (TPSA) is 63.0 Å². The zero-order valence-electron chi connectivity index (χ0n) is 16.9. The van der Waals surface area contributed by atoms with Gasteiger partial charge in [0.05, 0.1) is 18.3 Å². The van der Waals surface area contributed by atoms with E-state index < -0.39 is 0 Å². The molecule has 0 saturated heterocycles. The number of rotatable bonds is 6. The molecule has 2 N–H and O–H groups in total. The highest BCUT2D eigenvalue weighted by Gasteiger charge is 2.18. The number of thiazole rings is 1. The Hall–Kier alpha value is -1.81. The van der Waals surface area contributed by atoms with Crippen molar-refractivity contribution in [2.75, 3.05) is 7.05 Å². The van der Waals surface area contributed by atoms with E-state index in [1.54, 1.807) is 18.4 Å². The lowest BCUT2D eigenvalue weighted by Crippen LogP contribution is -2.36. The highest BCUT2D eigenvalue weighted by molar-refractivity contribution is 14.0. The van der Waals surface area contributed by atoms with Crippen molar-refractivity contribution >= 4 is 46.2 Å². The molecule has 4 rings (SSSR count). The highest BCUT2D eigenvalue weighted by Crippen LogP contribution is 2.27. The predicted molar refractivity (Wildman–Crippen MR) is 130 cm³/mol. The first-order chi connectivity index (χ1) is 13.7. The molecule has 156 valence electrons. The van der Waals surface area contributed by atoms with Gasteiger partial charge in [-0.2, -0.15) is 0 Å². The third-order valence-corrected chi connectivity index (χ3v) is 5.84. The zero-order valence-corrected chi connectivity index (χ0v) is 20.0. The molecule has 0 radical (unpaired) electrons. The van der Waals surface area contributed by atoms with Gasteiger partial charge >= 0.3 is 0 Å². The summed E-state index contributed by atoms with van der Waals surface area (Å²) in [6.45, 7) is 3.41. The maximum atomic E-state index is 6.30. The van der Waals surface area contributed by atoms with Crippen LogP contribution in [0.2, 0.25) is 0 Å². The summed E-state index contributed by atoms with van der Waals surface area (Å²) in [5.74, 6) is 1.74. The van der Waals surface area contributed by atoms with Gasteiger partial charge in [0.1, 0.15) is 5.75 Å². The minimum Gasteiger partial charge on any atom is -0.490 e. The van der Waals surface area contributed by atoms with Crippen LogP contribution in [0.5, 0.6) is 5.75 Å². The Bertz CT molecular complexity index is 933. The van der Waals surface area contributed by atoms with E-state index in [9.17, 15) is 0 Å². The van der Waals surface area contributed by atoms with Crippen molar-refractivity contribution in [2.45, 2.75) is 51.8 Å². The van der Waals surface area contributed by atoms with Crippen LogP contribution in [-0.2, 0) is 13.1 Å². The molecule has 1 fully saturated rings. The molecule has 3 aromatic rings. The summed E-state index contributed by atoms with van der Waals surface area (Å²) >= 11 is 1.64. The second kappa shape index (κ2) is 10.3. The molecular weight excluding hydrogens is 497 g/mol. The molecule has 8 heteroatoms. The lowest BCUT2D eigenvalue weighted by atomic mass is 10.1. The smallest absolute Gasteiger partial charge is 0.193 e. The van der Waals surface area contributed by atoms with Crippen LogP contribution in [0.25, 0.3) is 4.96 Å². The summed E-state index contributed by atoms with van der Waals surface area (Å²) < 4.78 is 8.33. The Labute approximate surface area is 192 Å². The first-order valence-corrected chi connectivity index (χ1v) is 10.7. The SMILES string of the molecule is CN=C(NCc1cn2ccsc2n1)NCc1ccc(C)cc1OC1CCCC1.I. The number of hydrogen-bond donors (Lipinski definition) is 2. The third-order valence-electron chi connectivity index (χ3n) is 5.07. The Balaban J connectivity index is 0.00000240. The molecule has 1 aliphatic rings. The Morgan fingerprint density at radius 3 is 2.83 bits per heavy atom. The summed E-state index contributed by atoms with van der Waals surface area (Å²) in [5.41, 5.74) is 3.37. The second-order valence-corrected chi connectivity index (χ2v) is 8.11. The van der Waals surface area contributed by atoms with Gasteiger partial charge in [0, 0.05) is 36.9 Å². The lowest BCUT2D eigenvalue weighted by Gasteiger charge is -2.18. The van der Waals surface area contributed by atoms with Gasteiger partial charge in [0.2, 0.25) is 0 Å². The summed E-state index contributed by atoms with van der Waals surface area (Å²) in [6.07, 6.45) is 9.27. The Morgan fingerprint density at radius 1 is 1.28 bits per heavy atom. The number of nitrogens with zero attached hydrogens (tertiary/aromatic N) is 3. The van der Waals surface area contributed by atoms with Crippen molar-refractivity contribution in [3.05, 3.63) is 52.8 Å². The fourth-order valence-corrected chi connectivity index (χ4v) is 4.26. The molecule has 6 nitrogen and oxygen atoms in total. The second-order valence-electron chi connectivity index (χ2n) is 7.24. The van der Waals surface area contributed by atoms with Gasteiger partial charge in [-0.3, -0.25) is 9.39 Å². The van der Waals surface area contributed by atoms with Gasteiger partial charge in [-0.1, -0.05) is 12.1 Å². The minimum atomic E-state index is 0. The molecule has 2 heterocycles. The number of nitrogens with one attached hydrogen (secondary N) is 2. The molecule has 1 aliphatic carbocycles. The number of imidazole rings is 1. The van der Waals surface area contributed by atoms with Crippen LogP contribution in [-0.4, -0.2) is 28.5 Å². The van der Waals surface area contributed by atoms with E-state index in [0.717, 1.165) is 40.8 Å². The number of hydrogen-bond acceptors (Lipinski definition) is 4. The average Bonchev–Trinajstić information content (AvgIpc) is 3.41. The van der Waals surface area contributed by atoms with Gasteiger partial charge in [0.25, 0.3) is 0 Å². The van der Waals surface area contributed by atoms with Gasteiger partial charge < -0.3 is 15.4 Å². The fraction of sp³-hybridized carbons (Fsp3) is 0.429. The summed E-state index contributed by atoms with van der Waals surface area (Å²) in [4.78, 5) is 9.93. The molecular formula is C21H28IN5OS. The average molecular weight is 525 g/mol. The number of aliphatic imine (C=N–C) groups is 1. The van der Waals surface area contributed by atoms with Gasteiger partial charge in [0.15, 0.2) is 10.9 Å². The molecule has 1 aromatic carbocycles. The largest absolute Gasteiger partial charge is 0.490 e. The summed E-state index contributed by atoms with van der Waals surface area (Å²) in [6, 6.07) is 6.42. The molecule has 0 atom stereocenters. The highest BCUT2D eigenvalue weighted by atomic mass is 127. The van der Waals surface area contributed by atoms with Crippen LogP contribution in [0.1, 0.15) is 42.5 Å². The van der Waals surface area contributed by atoms with Crippen molar-refractivity contribution in [2.24, 2.45) is 4.99 Å². The first-order valence-electron chi connectivity index (χ1n) is 9.83. The molecule has 0 bridgehead atoms. The van der Waals surface area contributed by atoms with Crippen molar-refractivity contribution in [3.8, 4) is 5.75 Å². The molecule has 0 unspecified atom stereocenters. The molecule has 0 spiro atoms. The van der Waals surface area contributed by atoms with Crippen molar-refractivity contribution in [1.82, 2.24) is 20.0 Å². The van der Waals surface area contributed by atoms with Crippen LogP contribution in [0.3, 0.4) is 0 Å². The Kier molecular flexibility index (Phi) is 7.77. The number of aryl methyl sites for hydroxylation is 1. The van der Waals surface area contributed by atoms with E-state index in [1.165, 1.54) is 18.4 Å². The van der Waals surface area contributed by atoms with Crippen molar-refractivity contribution in [1.29, 1.82) is 0 Å². The van der Waals surface area contributed by atoms with Gasteiger partial charge in [-0.05, 0) is 44.2 Å². The summed E-state index contributed by atoms with van der Waals surface area (Å²) in [7, 11) is 1.78. The normalized spacial score (nSPS) is 14.8. The first kappa shape index (κ1) is 21.9. The van der Waals surface area contributed by atoms with Crippen LogP contribution in [0.15, 0.2) is 41.0 Å². The number of benzene rings is 1. The van der Waals surface area contributed by atoms with Crippen LogP contribution < -0.4 is 15.4 Å². The third kappa shape index (κ3) is 5.63. The van der Waals surface area contributed by atoms with Gasteiger partial charge in [-0.25, -0.2) is 4.98 Å². The standard InChI is InChI=1S/C21H27N5OS.HI/c1-15-7-8-16(19(11-15)27-18-5-3-4-6-18)12-23-20(22-2)24-13-17-14-26-9-10-28-21(26)25-17;/h7-11,14,18H,3-6,12-13H2,1-2H3,(H2,22,23,24);1H. The Morgan fingerprint density at radius 2 is 2.07 bits per heavy atom. The van der Waals surface area contributed by atoms with Crippen LogP contribution in [0, 0.1) is 6.92 Å². The molecule has 0 amide bonds. The maximum Gasteiger partial charge on any atom is 0.193 e. The van der Waals surface area contributed by atoms with E-state index in [4.69, 9.17) is 4.74 Å². The van der Waals surface area contributed by atoms with Crippen LogP contribution >= 0.6 is 35.3 Å². The number of aromatic nitrogens is 2. The number of halogens is 1. The molecule has 1 saturated carbocycles. The monoisotopic (exact) mass is 525 g/mol. The minimum absolute atomic E-state index is 0. The number of guanidine groups is 1. The van der Waals surface area contributed by atoms with Crippen molar-refractivity contribution < 1.29 is 4.74 Å². The fourth-order valence-electron chi connectivity index (χ4n) is 3.54. The quantitative estimate of drug-likeness (QED) is 0.283. The van der Waals surface area contributed by atoms with E-state index in [-0.39, 0.29) is 24.0 Å². The van der Waals surface area contributed by atoms with E-state index in [0.29, 0.717) is 19.2 Å². The number of ether oxygens (including phenoxy) is 1. The van der Waals surface area contributed by atoms with Gasteiger partial charge in [-0.15, -0.1) is 35.3 Å². The molecule has 2 aromatic heterocycles. The van der Waals surface area contributed by atoms with Crippen molar-refractivity contribution in [3.63, 3.8) is 0 Å². The predicted octanol–water partition coefficient (Wildman–Crippen LogP) is 4.51. The summed E-state index contributed by atoms with van der Waals surface area (Å²) in [5, 5.41) is 8.77. The maximum absolute atomic E-state index is 6.30. The van der Waals surface area contributed by atoms with E-state index in [2.05, 4.69) is 45.7 Å². The van der Waals surface area contributed by atoms with E-state index in [1.807, 2.05) is 22.2 Å². The van der Waals surface area contributed by atoms with E-state index >= 15 is 0 Å². The molecule has 29 heavy (non-hydrogen) atoms. The zero-order chi connectivity index (χ0) is 19.3. The number of fused-ring (bicyclic) bond motifs is 1.